The van der Waals surface area contributed by atoms with Gasteiger partial charge in [-0.05, 0) is 11.6 Å². The maximum atomic E-state index is 13.5. The lowest BCUT2D eigenvalue weighted by molar-refractivity contribution is -0.387. The normalized spacial score (nSPS) is 11.0. The number of hydrogen-bond donors (Lipinski definition) is 1. The van der Waals surface area contributed by atoms with Gasteiger partial charge in [0.15, 0.2) is 0 Å². The second-order valence-corrected chi connectivity index (χ2v) is 4.99. The molecule has 1 aromatic heterocycles. The Morgan fingerprint density at radius 1 is 1.48 bits per heavy atom. The van der Waals surface area contributed by atoms with Gasteiger partial charge in [0.1, 0.15) is 0 Å². The molecule has 0 unspecified atom stereocenters. The molecule has 0 atom stereocenters. The highest BCUT2D eigenvalue weighted by molar-refractivity contribution is 5.35. The Bertz CT molecular complexity index is 641. The first-order valence-electron chi connectivity index (χ1n) is 6.51. The van der Waals surface area contributed by atoms with E-state index >= 15 is 0 Å². The molecular weight excluding hydrogens is 277 g/mol. The fourth-order valence-electron chi connectivity index (χ4n) is 1.79. The van der Waals surface area contributed by atoms with Crippen LogP contribution >= 0.6 is 0 Å². The lowest BCUT2D eigenvalue weighted by atomic mass is 10.2. The van der Waals surface area contributed by atoms with Gasteiger partial charge in [0, 0.05) is 18.7 Å². The van der Waals surface area contributed by atoms with Crippen LogP contribution < -0.4 is 5.32 Å². The number of halogens is 1. The quantitative estimate of drug-likeness (QED) is 0.649. The van der Waals surface area contributed by atoms with E-state index in [1.165, 1.54) is 6.07 Å². The summed E-state index contributed by atoms with van der Waals surface area (Å²) in [6.07, 6.45) is 1.76. The third-order valence-electron chi connectivity index (χ3n) is 2.83. The van der Waals surface area contributed by atoms with Gasteiger partial charge in [-0.25, -0.2) is 4.68 Å². The van der Waals surface area contributed by atoms with E-state index in [4.69, 9.17) is 0 Å². The molecule has 2 rings (SSSR count). The van der Waals surface area contributed by atoms with Crippen molar-refractivity contribution >= 4 is 5.69 Å². The van der Waals surface area contributed by atoms with Crippen molar-refractivity contribution in [1.29, 1.82) is 0 Å². The first kappa shape index (κ1) is 15.0. The highest BCUT2D eigenvalue weighted by atomic mass is 19.1. The molecule has 112 valence electrons. The van der Waals surface area contributed by atoms with Crippen LogP contribution in [0.3, 0.4) is 0 Å². The predicted octanol–water partition coefficient (Wildman–Crippen LogP) is 1.87. The van der Waals surface area contributed by atoms with Crippen molar-refractivity contribution in [3.8, 4) is 0 Å². The van der Waals surface area contributed by atoms with Crippen molar-refractivity contribution < 1.29 is 9.31 Å². The Kier molecular flexibility index (Phi) is 4.59. The molecule has 0 saturated heterocycles. The molecule has 7 nitrogen and oxygen atoms in total. The van der Waals surface area contributed by atoms with Crippen LogP contribution in [0.4, 0.5) is 10.1 Å². The maximum absolute atomic E-state index is 13.5. The molecule has 0 fully saturated rings. The van der Waals surface area contributed by atoms with Gasteiger partial charge in [0.05, 0.1) is 23.4 Å². The van der Waals surface area contributed by atoms with Gasteiger partial charge in [-0.15, -0.1) is 5.10 Å². The summed E-state index contributed by atoms with van der Waals surface area (Å²) in [5.74, 6) is -0.848. The van der Waals surface area contributed by atoms with Crippen LogP contribution in [0.5, 0.6) is 0 Å². The van der Waals surface area contributed by atoms with E-state index in [2.05, 4.69) is 15.6 Å². The van der Waals surface area contributed by atoms with E-state index in [0.29, 0.717) is 24.7 Å². The van der Waals surface area contributed by atoms with Gasteiger partial charge in [-0.2, -0.15) is 4.39 Å². The fraction of sp³-hybridized carbons (Fsp3) is 0.385. The Balaban J connectivity index is 2.05. The van der Waals surface area contributed by atoms with Crippen LogP contribution in [0.25, 0.3) is 0 Å². The summed E-state index contributed by atoms with van der Waals surface area (Å²) in [5.41, 5.74) is 0.844. The Morgan fingerprint density at radius 3 is 2.86 bits per heavy atom. The summed E-state index contributed by atoms with van der Waals surface area (Å²) >= 11 is 0. The van der Waals surface area contributed by atoms with E-state index in [1.54, 1.807) is 10.9 Å². The minimum atomic E-state index is -0.848. The van der Waals surface area contributed by atoms with E-state index in [0.717, 1.165) is 17.8 Å². The van der Waals surface area contributed by atoms with Gasteiger partial charge < -0.3 is 5.32 Å². The van der Waals surface area contributed by atoms with E-state index in [9.17, 15) is 14.5 Å². The highest BCUT2D eigenvalue weighted by Gasteiger charge is 2.14. The van der Waals surface area contributed by atoms with E-state index in [1.807, 2.05) is 13.8 Å². The summed E-state index contributed by atoms with van der Waals surface area (Å²) in [6.45, 7) is 4.98. The standard InChI is InChI=1S/C13H16FN5O2/c1-9(2)15-6-11-8-18(17-16-11)7-10-3-4-13(19(20)21)12(14)5-10/h3-5,8-9,15H,6-7H2,1-2H3. The zero-order valence-corrected chi connectivity index (χ0v) is 11.8. The largest absolute Gasteiger partial charge is 0.309 e. The molecular formula is C13H16FN5O2. The van der Waals surface area contributed by atoms with Gasteiger partial charge in [0.25, 0.3) is 0 Å². The minimum absolute atomic E-state index is 0.309. The average Bonchev–Trinajstić information content (AvgIpc) is 2.83. The SMILES string of the molecule is CC(C)NCc1cn(Cc2ccc([N+](=O)[O-])c(F)c2)nn1. The molecule has 0 amide bonds. The van der Waals surface area contributed by atoms with Gasteiger partial charge in [0.2, 0.25) is 5.82 Å². The lowest BCUT2D eigenvalue weighted by Gasteiger charge is -2.04. The Labute approximate surface area is 120 Å². The molecule has 0 aliphatic carbocycles. The molecule has 2 aromatic rings. The third-order valence-corrected chi connectivity index (χ3v) is 2.83. The van der Waals surface area contributed by atoms with Crippen molar-refractivity contribution in [2.75, 3.05) is 0 Å². The van der Waals surface area contributed by atoms with E-state index in [-0.39, 0.29) is 0 Å². The number of nitro groups is 1. The highest BCUT2D eigenvalue weighted by Crippen LogP contribution is 2.18. The number of nitrogens with one attached hydrogen (secondary N) is 1. The first-order valence-corrected chi connectivity index (χ1v) is 6.51. The molecule has 0 radical (unpaired) electrons. The van der Waals surface area contributed by atoms with Crippen molar-refractivity contribution in [3.63, 3.8) is 0 Å². The van der Waals surface area contributed by atoms with Gasteiger partial charge in [-0.3, -0.25) is 10.1 Å². The molecule has 21 heavy (non-hydrogen) atoms. The number of hydrogen-bond acceptors (Lipinski definition) is 5. The second-order valence-electron chi connectivity index (χ2n) is 4.99. The Hall–Kier alpha value is -2.35. The topological polar surface area (TPSA) is 85.9 Å². The van der Waals surface area contributed by atoms with Crippen molar-refractivity contribution in [3.05, 3.63) is 51.6 Å². The summed E-state index contributed by atoms with van der Waals surface area (Å²) in [4.78, 5) is 9.81. The molecule has 1 N–H and O–H groups in total. The number of aromatic nitrogens is 3. The molecule has 1 aromatic carbocycles. The molecule has 0 saturated carbocycles. The van der Waals surface area contributed by atoms with Crippen molar-refractivity contribution in [2.24, 2.45) is 0 Å². The van der Waals surface area contributed by atoms with Crippen LogP contribution in [-0.2, 0) is 13.1 Å². The zero-order chi connectivity index (χ0) is 15.4. The predicted molar refractivity (Wildman–Crippen MR) is 74.2 cm³/mol. The molecule has 0 spiro atoms. The average molecular weight is 293 g/mol. The summed E-state index contributed by atoms with van der Waals surface area (Å²) in [6, 6.07) is 4.16. The number of nitro benzene ring substituents is 1. The number of nitrogens with zero attached hydrogens (tertiary/aromatic N) is 4. The monoisotopic (exact) mass is 293 g/mol. The second kappa shape index (κ2) is 6.40. The zero-order valence-electron chi connectivity index (χ0n) is 11.8. The minimum Gasteiger partial charge on any atom is -0.309 e. The van der Waals surface area contributed by atoms with Crippen molar-refractivity contribution in [1.82, 2.24) is 20.3 Å². The van der Waals surface area contributed by atoms with Crippen LogP contribution in [0, 0.1) is 15.9 Å². The Morgan fingerprint density at radius 2 is 2.24 bits per heavy atom. The van der Waals surface area contributed by atoms with Crippen molar-refractivity contribution in [2.45, 2.75) is 33.0 Å². The van der Waals surface area contributed by atoms with Crippen LogP contribution in [0.15, 0.2) is 24.4 Å². The summed E-state index contributed by atoms with van der Waals surface area (Å²) in [5, 5.41) is 21.7. The molecule has 0 bridgehead atoms. The van der Waals surface area contributed by atoms with Crippen LogP contribution in [-0.4, -0.2) is 26.0 Å². The smallest absolute Gasteiger partial charge is 0.304 e. The number of rotatable bonds is 6. The van der Waals surface area contributed by atoms with Gasteiger partial charge >= 0.3 is 5.69 Å². The maximum Gasteiger partial charge on any atom is 0.304 e. The molecule has 0 aliphatic heterocycles. The molecule has 1 heterocycles. The molecule has 8 heteroatoms. The number of benzene rings is 1. The fourth-order valence-corrected chi connectivity index (χ4v) is 1.79. The van der Waals surface area contributed by atoms with Crippen LogP contribution in [0.2, 0.25) is 0 Å². The summed E-state index contributed by atoms with van der Waals surface area (Å²) < 4.78 is 15.1. The lowest BCUT2D eigenvalue weighted by Crippen LogP contribution is -2.21. The summed E-state index contributed by atoms with van der Waals surface area (Å²) in [7, 11) is 0. The van der Waals surface area contributed by atoms with E-state index < -0.39 is 16.4 Å². The van der Waals surface area contributed by atoms with Gasteiger partial charge in [-0.1, -0.05) is 25.1 Å². The molecule has 0 aliphatic rings. The first-order chi connectivity index (χ1) is 9.95. The van der Waals surface area contributed by atoms with Crippen LogP contribution in [0.1, 0.15) is 25.1 Å². The third kappa shape index (κ3) is 4.06.